The van der Waals surface area contributed by atoms with E-state index in [0.29, 0.717) is 11.5 Å². The molecule has 1 heterocycles. The fourth-order valence-corrected chi connectivity index (χ4v) is 3.65. The van der Waals surface area contributed by atoms with Crippen molar-refractivity contribution >= 4 is 16.8 Å². The molecule has 0 fully saturated rings. The molecule has 0 radical (unpaired) electrons. The third kappa shape index (κ3) is 4.11. The first-order valence-corrected chi connectivity index (χ1v) is 10.4. The number of nitrogens with one attached hydrogen (secondary N) is 1. The summed E-state index contributed by atoms with van der Waals surface area (Å²) >= 11 is 0. The Bertz CT molecular complexity index is 1160. The zero-order valence-electron chi connectivity index (χ0n) is 17.6. The Hall–Kier alpha value is -3.46. The Morgan fingerprint density at radius 3 is 2.13 bits per heavy atom. The third-order valence-electron chi connectivity index (χ3n) is 5.48. The van der Waals surface area contributed by atoms with Gasteiger partial charge in [-0.1, -0.05) is 86.6 Å². The van der Waals surface area contributed by atoms with Crippen molar-refractivity contribution in [2.24, 2.45) is 0 Å². The van der Waals surface area contributed by atoms with Crippen LogP contribution in [0.1, 0.15) is 54.2 Å². The highest BCUT2D eigenvalue weighted by Crippen LogP contribution is 2.26. The molecule has 0 unspecified atom stereocenters. The molecule has 30 heavy (non-hydrogen) atoms. The number of benzene rings is 3. The molecule has 0 spiro atoms. The second-order valence-corrected chi connectivity index (χ2v) is 7.95. The Balaban J connectivity index is 1.67. The molecular weight excluding hydrogens is 368 g/mol. The molecular formula is C27H26N2O. The van der Waals surface area contributed by atoms with E-state index in [1.54, 1.807) is 0 Å². The highest BCUT2D eigenvalue weighted by molar-refractivity contribution is 6.07. The van der Waals surface area contributed by atoms with E-state index in [1.807, 2.05) is 67.6 Å². The zero-order valence-corrected chi connectivity index (χ0v) is 17.6. The van der Waals surface area contributed by atoms with Crippen molar-refractivity contribution < 1.29 is 4.79 Å². The molecule has 1 atom stereocenters. The van der Waals surface area contributed by atoms with Gasteiger partial charge in [0.1, 0.15) is 0 Å². The molecule has 0 aliphatic rings. The van der Waals surface area contributed by atoms with Crippen LogP contribution in [-0.2, 0) is 0 Å². The quantitative estimate of drug-likeness (QED) is 0.419. The standard InChI is InChI=1S/C27H26N2O/c1-18(2)20-13-15-21(16-14-20)19(3)28-27(30)24-17-26(22-9-5-4-6-10-22)29-25-12-8-7-11-23(24)25/h4-19H,1-3H3,(H,28,30)/t19-/m0/s1. The maximum Gasteiger partial charge on any atom is 0.252 e. The fraction of sp³-hybridized carbons (Fsp3) is 0.185. The number of hydrogen-bond acceptors (Lipinski definition) is 2. The first-order chi connectivity index (χ1) is 14.5. The molecule has 0 bridgehead atoms. The number of amides is 1. The van der Waals surface area contributed by atoms with E-state index in [1.165, 1.54) is 5.56 Å². The smallest absolute Gasteiger partial charge is 0.252 e. The molecule has 0 saturated heterocycles. The van der Waals surface area contributed by atoms with Gasteiger partial charge < -0.3 is 5.32 Å². The van der Waals surface area contributed by atoms with Crippen LogP contribution in [0, 0.1) is 0 Å². The van der Waals surface area contributed by atoms with Gasteiger partial charge in [-0.2, -0.15) is 0 Å². The van der Waals surface area contributed by atoms with Crippen LogP contribution in [0.4, 0.5) is 0 Å². The molecule has 150 valence electrons. The van der Waals surface area contributed by atoms with Gasteiger partial charge in [-0.25, -0.2) is 4.98 Å². The van der Waals surface area contributed by atoms with Gasteiger partial charge in [-0.05, 0) is 36.1 Å². The second-order valence-electron chi connectivity index (χ2n) is 7.95. The largest absolute Gasteiger partial charge is 0.345 e. The Morgan fingerprint density at radius 2 is 1.43 bits per heavy atom. The minimum atomic E-state index is -0.0918. The van der Waals surface area contributed by atoms with E-state index in [2.05, 4.69) is 43.4 Å². The van der Waals surface area contributed by atoms with Crippen LogP contribution < -0.4 is 5.32 Å². The van der Waals surface area contributed by atoms with Gasteiger partial charge in [0.2, 0.25) is 0 Å². The maximum atomic E-state index is 13.3. The molecule has 1 N–H and O–H groups in total. The average Bonchev–Trinajstić information content (AvgIpc) is 2.78. The van der Waals surface area contributed by atoms with E-state index in [4.69, 9.17) is 4.98 Å². The minimum absolute atomic E-state index is 0.0915. The normalized spacial score (nSPS) is 12.1. The lowest BCUT2D eigenvalue weighted by Crippen LogP contribution is -2.27. The summed E-state index contributed by atoms with van der Waals surface area (Å²) in [5, 5.41) is 4.02. The van der Waals surface area contributed by atoms with Crippen LogP contribution in [-0.4, -0.2) is 10.9 Å². The summed E-state index contributed by atoms with van der Waals surface area (Å²) in [4.78, 5) is 18.0. The monoisotopic (exact) mass is 394 g/mol. The maximum absolute atomic E-state index is 13.3. The van der Waals surface area contributed by atoms with Crippen LogP contribution in [0.25, 0.3) is 22.2 Å². The van der Waals surface area contributed by atoms with E-state index in [-0.39, 0.29) is 11.9 Å². The molecule has 4 aromatic rings. The van der Waals surface area contributed by atoms with Crippen LogP contribution in [0.15, 0.2) is 84.9 Å². The number of hydrogen-bond donors (Lipinski definition) is 1. The summed E-state index contributed by atoms with van der Waals surface area (Å²) in [5.41, 5.74) is 5.64. The van der Waals surface area contributed by atoms with Crippen molar-refractivity contribution in [2.75, 3.05) is 0 Å². The molecule has 3 heteroatoms. The number of fused-ring (bicyclic) bond motifs is 1. The molecule has 1 aromatic heterocycles. The molecule has 3 aromatic carbocycles. The summed E-state index contributed by atoms with van der Waals surface area (Å²) in [6, 6.07) is 28.0. The SMILES string of the molecule is CC(C)c1ccc([C@H](C)NC(=O)c2cc(-c3ccccc3)nc3ccccc23)cc1. The van der Waals surface area contributed by atoms with Gasteiger partial charge in [0.05, 0.1) is 22.8 Å². The summed E-state index contributed by atoms with van der Waals surface area (Å²) in [6.45, 7) is 6.38. The van der Waals surface area contributed by atoms with Gasteiger partial charge in [0.25, 0.3) is 5.91 Å². The van der Waals surface area contributed by atoms with E-state index in [0.717, 1.165) is 27.7 Å². The second kappa shape index (κ2) is 8.50. The molecule has 1 amide bonds. The van der Waals surface area contributed by atoms with E-state index >= 15 is 0 Å². The first kappa shape index (κ1) is 19.8. The Labute approximate surface area is 177 Å². The van der Waals surface area contributed by atoms with Crippen LogP contribution in [0.3, 0.4) is 0 Å². The summed E-state index contributed by atoms with van der Waals surface area (Å²) in [7, 11) is 0. The van der Waals surface area contributed by atoms with Gasteiger partial charge in [0.15, 0.2) is 0 Å². The molecule has 0 saturated carbocycles. The summed E-state index contributed by atoms with van der Waals surface area (Å²) in [5.74, 6) is 0.398. The zero-order chi connectivity index (χ0) is 21.1. The molecule has 0 aliphatic heterocycles. The lowest BCUT2D eigenvalue weighted by molar-refractivity contribution is 0.0941. The first-order valence-electron chi connectivity index (χ1n) is 10.4. The topological polar surface area (TPSA) is 42.0 Å². The van der Waals surface area contributed by atoms with Crippen LogP contribution >= 0.6 is 0 Å². The van der Waals surface area contributed by atoms with Gasteiger partial charge in [-0.3, -0.25) is 4.79 Å². The number of rotatable bonds is 5. The Morgan fingerprint density at radius 1 is 0.800 bits per heavy atom. The van der Waals surface area contributed by atoms with E-state index in [9.17, 15) is 4.79 Å². The van der Waals surface area contributed by atoms with Crippen LogP contribution in [0.5, 0.6) is 0 Å². The van der Waals surface area contributed by atoms with E-state index < -0.39 is 0 Å². The van der Waals surface area contributed by atoms with Gasteiger partial charge >= 0.3 is 0 Å². The van der Waals surface area contributed by atoms with Crippen LogP contribution in [0.2, 0.25) is 0 Å². The number of para-hydroxylation sites is 1. The van der Waals surface area contributed by atoms with Crippen molar-refractivity contribution in [3.8, 4) is 11.3 Å². The van der Waals surface area contributed by atoms with Gasteiger partial charge in [-0.15, -0.1) is 0 Å². The summed E-state index contributed by atoms with van der Waals surface area (Å²) < 4.78 is 0. The lowest BCUT2D eigenvalue weighted by atomic mass is 9.99. The molecule has 0 aliphatic carbocycles. The number of carbonyl (C=O) groups is 1. The molecule has 3 nitrogen and oxygen atoms in total. The summed E-state index contributed by atoms with van der Waals surface area (Å²) in [6.07, 6.45) is 0. The lowest BCUT2D eigenvalue weighted by Gasteiger charge is -2.17. The highest BCUT2D eigenvalue weighted by Gasteiger charge is 2.16. The van der Waals surface area contributed by atoms with Crippen molar-refractivity contribution in [1.82, 2.24) is 10.3 Å². The van der Waals surface area contributed by atoms with Gasteiger partial charge in [0, 0.05) is 10.9 Å². The Kier molecular flexibility index (Phi) is 5.62. The highest BCUT2D eigenvalue weighted by atomic mass is 16.1. The third-order valence-corrected chi connectivity index (χ3v) is 5.48. The number of pyridine rings is 1. The fourth-order valence-electron chi connectivity index (χ4n) is 3.65. The number of carbonyl (C=O) groups excluding carboxylic acids is 1. The van der Waals surface area contributed by atoms with Crippen molar-refractivity contribution in [3.05, 3.63) is 102 Å². The molecule has 4 rings (SSSR count). The predicted octanol–water partition coefficient (Wildman–Crippen LogP) is 6.52. The van der Waals surface area contributed by atoms with Crippen molar-refractivity contribution in [3.63, 3.8) is 0 Å². The minimum Gasteiger partial charge on any atom is -0.345 e. The average molecular weight is 395 g/mol. The number of aromatic nitrogens is 1. The van der Waals surface area contributed by atoms with Crippen molar-refractivity contribution in [1.29, 1.82) is 0 Å². The van der Waals surface area contributed by atoms with Crippen molar-refractivity contribution in [2.45, 2.75) is 32.7 Å². The predicted molar refractivity (Wildman–Crippen MR) is 124 cm³/mol. The number of nitrogens with zero attached hydrogens (tertiary/aromatic N) is 1.